The summed E-state index contributed by atoms with van der Waals surface area (Å²) in [6, 6.07) is 17.4. The number of hydrogen-bond acceptors (Lipinski definition) is 3. The van der Waals surface area contributed by atoms with Crippen LogP contribution < -0.4 is 0 Å². The Morgan fingerprint density at radius 3 is 2.37 bits per heavy atom. The van der Waals surface area contributed by atoms with Gasteiger partial charge in [-0.05, 0) is 41.5 Å². The fourth-order valence-electron chi connectivity index (χ4n) is 3.60. The molecule has 1 aliphatic heterocycles. The number of benzene rings is 3. The van der Waals surface area contributed by atoms with Gasteiger partial charge in [0.1, 0.15) is 0 Å². The first kappa shape index (κ1) is 17.0. The topological polar surface area (TPSA) is 74.7 Å². The van der Waals surface area contributed by atoms with Gasteiger partial charge in [-0.3, -0.25) is 19.3 Å². The Bertz CT molecular complexity index is 1100. The summed E-state index contributed by atoms with van der Waals surface area (Å²) in [5.41, 5.74) is 2.15. The number of carbonyl (C=O) groups is 3. The van der Waals surface area contributed by atoms with Crippen LogP contribution in [-0.4, -0.2) is 27.8 Å². The maximum absolute atomic E-state index is 12.9. The Balaban J connectivity index is 1.82. The van der Waals surface area contributed by atoms with Gasteiger partial charge in [0.25, 0.3) is 11.8 Å². The molecule has 0 fully saturated rings. The molecule has 134 valence electrons. The number of imide groups is 1. The van der Waals surface area contributed by atoms with Crippen LogP contribution in [0.25, 0.3) is 10.8 Å². The lowest BCUT2D eigenvalue weighted by atomic mass is 9.98. The number of aryl methyl sites for hydroxylation is 1. The number of fused-ring (bicyclic) bond motifs is 2. The maximum Gasteiger partial charge on any atom is 0.305 e. The molecule has 0 aliphatic carbocycles. The second kappa shape index (κ2) is 6.36. The predicted molar refractivity (Wildman–Crippen MR) is 101 cm³/mol. The summed E-state index contributed by atoms with van der Waals surface area (Å²) in [5, 5.41) is 11.3. The van der Waals surface area contributed by atoms with E-state index < -0.39 is 23.8 Å². The van der Waals surface area contributed by atoms with Crippen molar-refractivity contribution in [1.29, 1.82) is 0 Å². The minimum absolute atomic E-state index is 0.321. The van der Waals surface area contributed by atoms with Crippen LogP contribution in [-0.2, 0) is 4.79 Å². The van der Waals surface area contributed by atoms with E-state index in [1.807, 2.05) is 43.3 Å². The van der Waals surface area contributed by atoms with Crippen LogP contribution in [0.15, 0.2) is 60.7 Å². The molecule has 1 N–H and O–H groups in total. The predicted octanol–water partition coefficient (Wildman–Crippen LogP) is 3.96. The van der Waals surface area contributed by atoms with Crippen LogP contribution in [0.2, 0.25) is 0 Å². The molecule has 1 heterocycles. The van der Waals surface area contributed by atoms with Crippen LogP contribution >= 0.6 is 0 Å². The van der Waals surface area contributed by atoms with Crippen molar-refractivity contribution in [3.8, 4) is 0 Å². The molecule has 0 radical (unpaired) electrons. The van der Waals surface area contributed by atoms with E-state index in [4.69, 9.17) is 0 Å². The van der Waals surface area contributed by atoms with Crippen molar-refractivity contribution in [1.82, 2.24) is 4.90 Å². The highest BCUT2D eigenvalue weighted by Gasteiger charge is 2.41. The van der Waals surface area contributed by atoms with E-state index in [1.54, 1.807) is 24.3 Å². The van der Waals surface area contributed by atoms with Crippen LogP contribution in [0.3, 0.4) is 0 Å². The summed E-state index contributed by atoms with van der Waals surface area (Å²) in [6.45, 7) is 1.85. The van der Waals surface area contributed by atoms with E-state index in [9.17, 15) is 19.5 Å². The molecule has 0 saturated heterocycles. The zero-order valence-electron chi connectivity index (χ0n) is 14.7. The lowest BCUT2D eigenvalue weighted by Crippen LogP contribution is -2.35. The molecule has 1 unspecified atom stereocenters. The molecule has 27 heavy (non-hydrogen) atoms. The minimum atomic E-state index is -1.07. The van der Waals surface area contributed by atoms with Gasteiger partial charge in [0.15, 0.2) is 0 Å². The largest absolute Gasteiger partial charge is 0.481 e. The maximum atomic E-state index is 12.9. The summed E-state index contributed by atoms with van der Waals surface area (Å²) in [4.78, 5) is 38.4. The van der Waals surface area contributed by atoms with Gasteiger partial charge in [-0.15, -0.1) is 0 Å². The van der Waals surface area contributed by atoms with E-state index >= 15 is 0 Å². The third-order valence-electron chi connectivity index (χ3n) is 4.91. The Morgan fingerprint density at radius 1 is 0.926 bits per heavy atom. The SMILES string of the molecule is Cc1ccc2c(c1)C(=O)N(C(CC(=O)O)c1ccc3ccccc3c1)C2=O. The van der Waals surface area contributed by atoms with Crippen LogP contribution in [0.4, 0.5) is 0 Å². The smallest absolute Gasteiger partial charge is 0.305 e. The average Bonchev–Trinajstić information content (AvgIpc) is 2.89. The molecule has 0 bridgehead atoms. The molecule has 3 aromatic rings. The Hall–Kier alpha value is -3.47. The Labute approximate surface area is 155 Å². The second-order valence-corrected chi connectivity index (χ2v) is 6.75. The number of carboxylic acids is 1. The van der Waals surface area contributed by atoms with Crippen molar-refractivity contribution in [2.45, 2.75) is 19.4 Å². The molecule has 1 atom stereocenters. The van der Waals surface area contributed by atoms with E-state index in [2.05, 4.69) is 0 Å². The molecular formula is C22H17NO4. The molecule has 2 amide bonds. The lowest BCUT2D eigenvalue weighted by Gasteiger charge is -2.25. The van der Waals surface area contributed by atoms with Gasteiger partial charge >= 0.3 is 5.97 Å². The summed E-state index contributed by atoms with van der Waals surface area (Å²) in [6.07, 6.45) is -0.344. The van der Waals surface area contributed by atoms with Crippen LogP contribution in [0, 0.1) is 6.92 Å². The van der Waals surface area contributed by atoms with Crippen molar-refractivity contribution in [2.24, 2.45) is 0 Å². The molecular weight excluding hydrogens is 342 g/mol. The highest BCUT2D eigenvalue weighted by Crippen LogP contribution is 2.35. The van der Waals surface area contributed by atoms with Gasteiger partial charge in [0.05, 0.1) is 23.6 Å². The molecule has 3 aromatic carbocycles. The highest BCUT2D eigenvalue weighted by atomic mass is 16.4. The molecule has 5 nitrogen and oxygen atoms in total. The van der Waals surface area contributed by atoms with E-state index in [-0.39, 0.29) is 6.42 Å². The second-order valence-electron chi connectivity index (χ2n) is 6.75. The molecule has 0 spiro atoms. The fourth-order valence-corrected chi connectivity index (χ4v) is 3.60. The quantitative estimate of drug-likeness (QED) is 0.716. The normalized spacial score (nSPS) is 14.5. The number of amides is 2. The molecule has 0 aromatic heterocycles. The van der Waals surface area contributed by atoms with Crippen molar-refractivity contribution >= 4 is 28.6 Å². The number of hydrogen-bond donors (Lipinski definition) is 1. The monoisotopic (exact) mass is 359 g/mol. The summed E-state index contributed by atoms with van der Waals surface area (Å²) in [5.74, 6) is -1.96. The minimum Gasteiger partial charge on any atom is -0.481 e. The summed E-state index contributed by atoms with van der Waals surface area (Å²) < 4.78 is 0. The Morgan fingerprint density at radius 2 is 1.63 bits per heavy atom. The third kappa shape index (κ3) is 2.87. The standard InChI is InChI=1S/C22H17NO4/c1-13-6-9-17-18(10-13)22(27)23(21(17)26)19(12-20(24)25)16-8-7-14-4-2-3-5-15(14)11-16/h2-11,19H,12H2,1H3,(H,24,25). The number of aliphatic carboxylic acids is 1. The van der Waals surface area contributed by atoms with Crippen LogP contribution in [0.1, 0.15) is 44.3 Å². The van der Waals surface area contributed by atoms with Gasteiger partial charge in [0.2, 0.25) is 0 Å². The fraction of sp³-hybridized carbons (Fsp3) is 0.136. The van der Waals surface area contributed by atoms with Gasteiger partial charge in [-0.25, -0.2) is 0 Å². The van der Waals surface area contributed by atoms with Crippen molar-refractivity contribution in [3.63, 3.8) is 0 Å². The van der Waals surface area contributed by atoms with Gasteiger partial charge in [-0.1, -0.05) is 48.0 Å². The van der Waals surface area contributed by atoms with Crippen LogP contribution in [0.5, 0.6) is 0 Å². The van der Waals surface area contributed by atoms with Crippen molar-refractivity contribution < 1.29 is 19.5 Å². The van der Waals surface area contributed by atoms with Gasteiger partial charge in [0, 0.05) is 0 Å². The zero-order valence-corrected chi connectivity index (χ0v) is 14.7. The van der Waals surface area contributed by atoms with Crippen molar-refractivity contribution in [3.05, 3.63) is 82.9 Å². The third-order valence-corrected chi connectivity index (χ3v) is 4.91. The van der Waals surface area contributed by atoms with E-state index in [1.165, 1.54) is 0 Å². The first-order chi connectivity index (χ1) is 13.0. The number of nitrogens with zero attached hydrogens (tertiary/aromatic N) is 1. The number of carboxylic acid groups (broad SMARTS) is 1. The van der Waals surface area contributed by atoms with E-state index in [0.29, 0.717) is 16.7 Å². The van der Waals surface area contributed by atoms with Gasteiger partial charge < -0.3 is 5.11 Å². The van der Waals surface area contributed by atoms with E-state index in [0.717, 1.165) is 21.2 Å². The number of rotatable bonds is 4. The Kier molecular flexibility index (Phi) is 4.00. The van der Waals surface area contributed by atoms with Crippen molar-refractivity contribution in [2.75, 3.05) is 0 Å². The zero-order chi connectivity index (χ0) is 19.1. The first-order valence-corrected chi connectivity index (χ1v) is 8.65. The summed E-state index contributed by atoms with van der Waals surface area (Å²) >= 11 is 0. The molecule has 0 saturated carbocycles. The summed E-state index contributed by atoms with van der Waals surface area (Å²) in [7, 11) is 0. The lowest BCUT2D eigenvalue weighted by molar-refractivity contribution is -0.138. The molecule has 5 heteroatoms. The average molecular weight is 359 g/mol. The van der Waals surface area contributed by atoms with Gasteiger partial charge in [-0.2, -0.15) is 0 Å². The first-order valence-electron chi connectivity index (χ1n) is 8.65. The molecule has 1 aliphatic rings. The highest BCUT2D eigenvalue weighted by molar-refractivity contribution is 6.21. The molecule has 4 rings (SSSR count). The number of carbonyl (C=O) groups excluding carboxylic acids is 2.